The Hall–Kier alpha value is -1.88. The van der Waals surface area contributed by atoms with Crippen LogP contribution in [0.1, 0.15) is 43.7 Å². The van der Waals surface area contributed by atoms with Gasteiger partial charge in [-0.25, -0.2) is 0 Å². The van der Waals surface area contributed by atoms with Crippen LogP contribution in [0.4, 0.5) is 0 Å². The van der Waals surface area contributed by atoms with Gasteiger partial charge >= 0.3 is 5.97 Å². The fraction of sp³-hybridized carbons (Fsp3) is 0.579. The number of benzene rings is 1. The SMILES string of the molecule is CCCC(CNC(=O)C1(c2ccccc2C)CCOCC1)C(=O)O. The summed E-state index contributed by atoms with van der Waals surface area (Å²) in [6.07, 6.45) is 2.59. The van der Waals surface area contributed by atoms with Crippen LogP contribution in [0.2, 0.25) is 0 Å². The number of carboxylic acids is 1. The normalized spacial score (nSPS) is 17.9. The van der Waals surface area contributed by atoms with E-state index < -0.39 is 17.3 Å². The maximum Gasteiger partial charge on any atom is 0.308 e. The summed E-state index contributed by atoms with van der Waals surface area (Å²) in [4.78, 5) is 24.4. The zero-order valence-electron chi connectivity index (χ0n) is 14.5. The van der Waals surface area contributed by atoms with Crippen molar-refractivity contribution in [2.24, 2.45) is 5.92 Å². The molecule has 1 aliphatic rings. The minimum absolute atomic E-state index is 0.0811. The molecular formula is C19H27NO4. The molecule has 1 heterocycles. The lowest BCUT2D eigenvalue weighted by molar-refractivity contribution is -0.142. The highest BCUT2D eigenvalue weighted by Crippen LogP contribution is 2.37. The molecule has 0 aliphatic carbocycles. The lowest BCUT2D eigenvalue weighted by Crippen LogP contribution is -2.49. The molecule has 24 heavy (non-hydrogen) atoms. The van der Waals surface area contributed by atoms with E-state index in [1.807, 2.05) is 38.1 Å². The van der Waals surface area contributed by atoms with E-state index in [1.165, 1.54) is 0 Å². The second-order valence-electron chi connectivity index (χ2n) is 6.54. The standard InChI is InChI=1S/C19H27NO4/c1-3-6-15(17(21)22)13-20-18(23)19(9-11-24-12-10-19)16-8-5-4-7-14(16)2/h4-5,7-8,15H,3,6,9-13H2,1-2H3,(H,20,23)(H,21,22). The molecule has 1 fully saturated rings. The Bertz CT molecular complexity index is 578. The molecule has 1 aliphatic heterocycles. The summed E-state index contributed by atoms with van der Waals surface area (Å²) < 4.78 is 5.46. The molecule has 1 aromatic carbocycles. The zero-order chi connectivity index (χ0) is 17.6. The summed E-state index contributed by atoms with van der Waals surface area (Å²) in [5.74, 6) is -1.47. The molecular weight excluding hydrogens is 306 g/mol. The number of carbonyl (C=O) groups excluding carboxylic acids is 1. The van der Waals surface area contributed by atoms with Crippen LogP contribution in [0.15, 0.2) is 24.3 Å². The van der Waals surface area contributed by atoms with Crippen molar-refractivity contribution in [1.29, 1.82) is 0 Å². The third-order valence-electron chi connectivity index (χ3n) is 4.94. The number of aryl methyl sites for hydroxylation is 1. The van der Waals surface area contributed by atoms with Crippen molar-refractivity contribution in [3.63, 3.8) is 0 Å². The van der Waals surface area contributed by atoms with Gasteiger partial charge < -0.3 is 15.2 Å². The Morgan fingerprint density at radius 2 is 1.96 bits per heavy atom. The predicted molar refractivity (Wildman–Crippen MR) is 92.0 cm³/mol. The molecule has 1 atom stereocenters. The molecule has 0 aromatic heterocycles. The lowest BCUT2D eigenvalue weighted by Gasteiger charge is -2.37. The third kappa shape index (κ3) is 3.96. The van der Waals surface area contributed by atoms with Crippen molar-refractivity contribution < 1.29 is 19.4 Å². The van der Waals surface area contributed by atoms with Crippen LogP contribution in [-0.2, 0) is 19.7 Å². The van der Waals surface area contributed by atoms with Crippen molar-refractivity contribution in [3.05, 3.63) is 35.4 Å². The van der Waals surface area contributed by atoms with Crippen LogP contribution in [-0.4, -0.2) is 36.7 Å². The van der Waals surface area contributed by atoms with E-state index in [9.17, 15) is 14.7 Å². The van der Waals surface area contributed by atoms with E-state index >= 15 is 0 Å². The van der Waals surface area contributed by atoms with Gasteiger partial charge in [0.05, 0.1) is 11.3 Å². The molecule has 5 heteroatoms. The average Bonchev–Trinajstić information content (AvgIpc) is 2.59. The monoisotopic (exact) mass is 333 g/mol. The van der Waals surface area contributed by atoms with Gasteiger partial charge in [-0.1, -0.05) is 37.6 Å². The van der Waals surface area contributed by atoms with Gasteiger partial charge in [-0.2, -0.15) is 0 Å². The number of nitrogens with one attached hydrogen (secondary N) is 1. The maximum absolute atomic E-state index is 13.0. The number of carbonyl (C=O) groups is 2. The average molecular weight is 333 g/mol. The van der Waals surface area contributed by atoms with Gasteiger partial charge in [0.25, 0.3) is 0 Å². The van der Waals surface area contributed by atoms with Crippen LogP contribution >= 0.6 is 0 Å². The van der Waals surface area contributed by atoms with Crippen molar-refractivity contribution >= 4 is 11.9 Å². The van der Waals surface area contributed by atoms with Gasteiger partial charge in [-0.15, -0.1) is 0 Å². The van der Waals surface area contributed by atoms with Crippen LogP contribution < -0.4 is 5.32 Å². The predicted octanol–water partition coefficient (Wildman–Crippen LogP) is 2.66. The topological polar surface area (TPSA) is 75.6 Å². The molecule has 0 saturated carbocycles. The Balaban J connectivity index is 2.20. The van der Waals surface area contributed by atoms with Crippen LogP contribution in [0.5, 0.6) is 0 Å². The Morgan fingerprint density at radius 3 is 2.54 bits per heavy atom. The molecule has 0 spiro atoms. The van der Waals surface area contributed by atoms with Crippen molar-refractivity contribution in [2.45, 2.75) is 44.9 Å². The molecule has 1 unspecified atom stereocenters. The molecule has 5 nitrogen and oxygen atoms in total. The number of ether oxygens (including phenoxy) is 1. The quantitative estimate of drug-likeness (QED) is 0.804. The molecule has 0 radical (unpaired) electrons. The van der Waals surface area contributed by atoms with Crippen LogP contribution in [0.25, 0.3) is 0 Å². The summed E-state index contributed by atoms with van der Waals surface area (Å²) in [6, 6.07) is 7.92. The minimum Gasteiger partial charge on any atom is -0.481 e. The number of hydrogen-bond acceptors (Lipinski definition) is 3. The number of rotatable bonds is 7. The van der Waals surface area contributed by atoms with Crippen LogP contribution in [0.3, 0.4) is 0 Å². The Labute approximate surface area is 143 Å². The van der Waals surface area contributed by atoms with E-state index in [2.05, 4.69) is 5.32 Å². The van der Waals surface area contributed by atoms with Gasteiger partial charge in [-0.3, -0.25) is 9.59 Å². The smallest absolute Gasteiger partial charge is 0.308 e. The van der Waals surface area contributed by atoms with E-state index in [-0.39, 0.29) is 12.5 Å². The largest absolute Gasteiger partial charge is 0.481 e. The summed E-state index contributed by atoms with van der Waals surface area (Å²) in [5.41, 5.74) is 1.48. The van der Waals surface area contributed by atoms with Crippen LogP contribution in [0, 0.1) is 12.8 Å². The first-order chi connectivity index (χ1) is 11.5. The van der Waals surface area contributed by atoms with Gasteiger partial charge in [-0.05, 0) is 37.3 Å². The fourth-order valence-electron chi connectivity index (χ4n) is 3.49. The summed E-state index contributed by atoms with van der Waals surface area (Å²) in [7, 11) is 0. The number of hydrogen-bond donors (Lipinski definition) is 2. The zero-order valence-corrected chi connectivity index (χ0v) is 14.5. The van der Waals surface area contributed by atoms with E-state index in [0.29, 0.717) is 32.5 Å². The Morgan fingerprint density at radius 1 is 1.29 bits per heavy atom. The fourth-order valence-corrected chi connectivity index (χ4v) is 3.49. The lowest BCUT2D eigenvalue weighted by atomic mass is 9.71. The molecule has 132 valence electrons. The molecule has 1 aromatic rings. The summed E-state index contributed by atoms with van der Waals surface area (Å²) in [6.45, 7) is 5.22. The number of carboxylic acid groups (broad SMARTS) is 1. The maximum atomic E-state index is 13.0. The highest BCUT2D eigenvalue weighted by molar-refractivity contribution is 5.89. The van der Waals surface area contributed by atoms with E-state index in [0.717, 1.165) is 17.5 Å². The Kier molecular flexibility index (Phi) is 6.37. The van der Waals surface area contributed by atoms with Gasteiger partial charge in [0.15, 0.2) is 0 Å². The summed E-state index contributed by atoms with van der Waals surface area (Å²) >= 11 is 0. The number of amides is 1. The molecule has 1 amide bonds. The van der Waals surface area contributed by atoms with E-state index in [1.54, 1.807) is 0 Å². The van der Waals surface area contributed by atoms with E-state index in [4.69, 9.17) is 4.74 Å². The first-order valence-corrected chi connectivity index (χ1v) is 8.66. The highest BCUT2D eigenvalue weighted by Gasteiger charge is 2.42. The minimum atomic E-state index is -0.853. The highest BCUT2D eigenvalue weighted by atomic mass is 16.5. The molecule has 2 N–H and O–H groups in total. The third-order valence-corrected chi connectivity index (χ3v) is 4.94. The second kappa shape index (κ2) is 8.29. The van der Waals surface area contributed by atoms with Crippen molar-refractivity contribution in [3.8, 4) is 0 Å². The second-order valence-corrected chi connectivity index (χ2v) is 6.54. The van der Waals surface area contributed by atoms with Crippen molar-refractivity contribution in [2.75, 3.05) is 19.8 Å². The van der Waals surface area contributed by atoms with Gasteiger partial charge in [0, 0.05) is 19.8 Å². The molecule has 1 saturated heterocycles. The first-order valence-electron chi connectivity index (χ1n) is 8.66. The molecule has 2 rings (SSSR count). The first kappa shape index (κ1) is 18.5. The van der Waals surface area contributed by atoms with Gasteiger partial charge in [0.1, 0.15) is 0 Å². The van der Waals surface area contributed by atoms with Gasteiger partial charge in [0.2, 0.25) is 5.91 Å². The number of aliphatic carboxylic acids is 1. The molecule has 0 bridgehead atoms. The summed E-state index contributed by atoms with van der Waals surface area (Å²) in [5, 5.41) is 12.2. The van der Waals surface area contributed by atoms with Crippen molar-refractivity contribution in [1.82, 2.24) is 5.32 Å².